The Kier molecular flexibility index (Phi) is 4.42. The number of hydrazine groups is 1. The van der Waals surface area contributed by atoms with E-state index in [1.807, 2.05) is 0 Å². The Morgan fingerprint density at radius 1 is 1.24 bits per heavy atom. The van der Waals surface area contributed by atoms with E-state index in [1.54, 1.807) is 0 Å². The Morgan fingerprint density at radius 3 is 2.53 bits per heavy atom. The first-order valence-electron chi connectivity index (χ1n) is 7.08. The van der Waals surface area contributed by atoms with Crippen molar-refractivity contribution in [3.8, 4) is 0 Å². The molecule has 2 rings (SSSR count). The zero-order chi connectivity index (χ0) is 12.3. The van der Waals surface area contributed by atoms with E-state index in [2.05, 4.69) is 29.3 Å². The molecule has 3 N–H and O–H groups in total. The maximum absolute atomic E-state index is 6.07. The van der Waals surface area contributed by atoms with Crippen LogP contribution in [0.15, 0.2) is 0 Å². The predicted molar refractivity (Wildman–Crippen MR) is 71.6 cm³/mol. The summed E-state index contributed by atoms with van der Waals surface area (Å²) >= 11 is 0. The number of likely N-dealkylation sites (N-methyl/N-ethyl adjacent to an activating group) is 1. The first-order chi connectivity index (χ1) is 8.16. The summed E-state index contributed by atoms with van der Waals surface area (Å²) < 4.78 is 0. The molecule has 2 fully saturated rings. The minimum Gasteiger partial charge on any atom is -0.329 e. The highest BCUT2D eigenvalue weighted by Crippen LogP contribution is 2.33. The molecule has 100 valence electrons. The number of hydrogen-bond acceptors (Lipinski definition) is 4. The summed E-state index contributed by atoms with van der Waals surface area (Å²) in [5.74, 6) is 0.695. The normalized spacial score (nSPS) is 37.2. The second-order valence-corrected chi connectivity index (χ2v) is 5.91. The van der Waals surface area contributed by atoms with Crippen molar-refractivity contribution in [1.82, 2.24) is 15.3 Å². The minimum absolute atomic E-state index is 0.161. The number of nitrogens with two attached hydrogens (primary N) is 1. The number of hydrogen-bond donors (Lipinski definition) is 2. The van der Waals surface area contributed by atoms with Crippen LogP contribution in [0.25, 0.3) is 0 Å². The molecule has 0 spiro atoms. The summed E-state index contributed by atoms with van der Waals surface area (Å²) in [7, 11) is 2.19. The van der Waals surface area contributed by atoms with Gasteiger partial charge in [-0.25, -0.2) is 10.4 Å². The van der Waals surface area contributed by atoms with Crippen LogP contribution in [0.1, 0.15) is 32.6 Å². The SMILES string of the molecule is CC1CCCCC1(CN)NN1CCN(C)CC1. The Morgan fingerprint density at radius 2 is 1.94 bits per heavy atom. The lowest BCUT2D eigenvalue weighted by Gasteiger charge is -2.47. The van der Waals surface area contributed by atoms with Gasteiger partial charge >= 0.3 is 0 Å². The van der Waals surface area contributed by atoms with Crippen LogP contribution in [0.4, 0.5) is 0 Å². The molecule has 1 heterocycles. The van der Waals surface area contributed by atoms with E-state index in [-0.39, 0.29) is 5.54 Å². The van der Waals surface area contributed by atoms with Crippen LogP contribution in [0.3, 0.4) is 0 Å². The third-order valence-corrected chi connectivity index (χ3v) is 4.70. The second kappa shape index (κ2) is 5.65. The van der Waals surface area contributed by atoms with Crippen LogP contribution in [0.2, 0.25) is 0 Å². The van der Waals surface area contributed by atoms with Gasteiger partial charge in [0.25, 0.3) is 0 Å². The molecule has 0 radical (unpaired) electrons. The van der Waals surface area contributed by atoms with Crippen molar-refractivity contribution < 1.29 is 0 Å². The van der Waals surface area contributed by atoms with Crippen LogP contribution in [-0.2, 0) is 0 Å². The van der Waals surface area contributed by atoms with Gasteiger partial charge in [-0.05, 0) is 25.8 Å². The molecular weight excluding hydrogens is 212 g/mol. The third kappa shape index (κ3) is 2.99. The smallest absolute Gasteiger partial charge is 0.0473 e. The van der Waals surface area contributed by atoms with Crippen LogP contribution in [0, 0.1) is 5.92 Å². The number of rotatable bonds is 3. The Labute approximate surface area is 105 Å². The maximum atomic E-state index is 6.07. The van der Waals surface area contributed by atoms with E-state index in [9.17, 15) is 0 Å². The Bertz CT molecular complexity index is 238. The van der Waals surface area contributed by atoms with Crippen molar-refractivity contribution in [3.63, 3.8) is 0 Å². The molecular formula is C13H28N4. The van der Waals surface area contributed by atoms with Crippen molar-refractivity contribution in [2.75, 3.05) is 39.8 Å². The maximum Gasteiger partial charge on any atom is 0.0473 e. The molecule has 0 aromatic heterocycles. The highest BCUT2D eigenvalue weighted by molar-refractivity contribution is 4.96. The second-order valence-electron chi connectivity index (χ2n) is 5.91. The molecule has 0 bridgehead atoms. The standard InChI is InChI=1S/C13H28N4/c1-12-5-3-4-6-13(12,11-14)15-17-9-7-16(2)8-10-17/h12,15H,3-11,14H2,1-2H3. The fourth-order valence-electron chi connectivity index (χ4n) is 3.16. The first kappa shape index (κ1) is 13.3. The summed E-state index contributed by atoms with van der Waals surface area (Å²) in [5, 5.41) is 2.40. The lowest BCUT2D eigenvalue weighted by Crippen LogP contribution is -2.65. The Hall–Kier alpha value is -0.160. The topological polar surface area (TPSA) is 44.5 Å². The van der Waals surface area contributed by atoms with Crippen LogP contribution in [0.5, 0.6) is 0 Å². The monoisotopic (exact) mass is 240 g/mol. The summed E-state index contributed by atoms with van der Waals surface area (Å²) in [6, 6.07) is 0. The zero-order valence-corrected chi connectivity index (χ0v) is 11.4. The highest BCUT2D eigenvalue weighted by Gasteiger charge is 2.38. The van der Waals surface area contributed by atoms with E-state index in [0.717, 1.165) is 32.7 Å². The zero-order valence-electron chi connectivity index (χ0n) is 11.4. The van der Waals surface area contributed by atoms with E-state index in [1.165, 1.54) is 25.7 Å². The predicted octanol–water partition coefficient (Wildman–Crippen LogP) is 0.646. The van der Waals surface area contributed by atoms with Crippen molar-refractivity contribution in [2.45, 2.75) is 38.1 Å². The third-order valence-electron chi connectivity index (χ3n) is 4.70. The Balaban J connectivity index is 1.94. The van der Waals surface area contributed by atoms with Gasteiger partial charge in [0.1, 0.15) is 0 Å². The van der Waals surface area contributed by atoms with Crippen molar-refractivity contribution in [1.29, 1.82) is 0 Å². The van der Waals surface area contributed by atoms with Gasteiger partial charge in [-0.15, -0.1) is 0 Å². The van der Waals surface area contributed by atoms with Crippen LogP contribution >= 0.6 is 0 Å². The molecule has 1 saturated carbocycles. The number of piperazine rings is 1. The van der Waals surface area contributed by atoms with Gasteiger partial charge in [0.15, 0.2) is 0 Å². The minimum atomic E-state index is 0.161. The molecule has 4 heteroatoms. The van der Waals surface area contributed by atoms with Gasteiger partial charge in [0.05, 0.1) is 0 Å². The summed E-state index contributed by atoms with van der Waals surface area (Å²) in [6.45, 7) is 7.66. The van der Waals surface area contributed by atoms with Crippen molar-refractivity contribution in [3.05, 3.63) is 0 Å². The van der Waals surface area contributed by atoms with Crippen LogP contribution < -0.4 is 11.2 Å². The van der Waals surface area contributed by atoms with Gasteiger partial charge in [-0.1, -0.05) is 19.8 Å². The average molecular weight is 240 g/mol. The fourth-order valence-corrected chi connectivity index (χ4v) is 3.16. The largest absolute Gasteiger partial charge is 0.329 e. The fraction of sp³-hybridized carbons (Fsp3) is 1.00. The molecule has 0 amide bonds. The van der Waals surface area contributed by atoms with E-state index < -0.39 is 0 Å². The van der Waals surface area contributed by atoms with Crippen molar-refractivity contribution in [2.24, 2.45) is 11.7 Å². The van der Waals surface area contributed by atoms with Gasteiger partial charge in [0, 0.05) is 38.3 Å². The van der Waals surface area contributed by atoms with E-state index in [0.29, 0.717) is 5.92 Å². The molecule has 4 nitrogen and oxygen atoms in total. The summed E-state index contributed by atoms with van der Waals surface area (Å²) in [6.07, 6.45) is 5.24. The van der Waals surface area contributed by atoms with Gasteiger partial charge in [-0.2, -0.15) is 0 Å². The molecule has 0 aromatic carbocycles. The molecule has 1 aliphatic carbocycles. The summed E-state index contributed by atoms with van der Waals surface area (Å²) in [4.78, 5) is 2.39. The highest BCUT2D eigenvalue weighted by atomic mass is 15.5. The first-order valence-corrected chi connectivity index (χ1v) is 7.08. The van der Waals surface area contributed by atoms with Gasteiger partial charge in [0.2, 0.25) is 0 Å². The molecule has 1 aliphatic heterocycles. The van der Waals surface area contributed by atoms with Crippen LogP contribution in [-0.4, -0.2) is 55.2 Å². The van der Waals surface area contributed by atoms with E-state index in [4.69, 9.17) is 5.73 Å². The molecule has 17 heavy (non-hydrogen) atoms. The molecule has 2 unspecified atom stereocenters. The number of nitrogens with one attached hydrogen (secondary N) is 1. The quantitative estimate of drug-likeness (QED) is 0.760. The summed E-state index contributed by atoms with van der Waals surface area (Å²) in [5.41, 5.74) is 10.0. The lowest BCUT2D eigenvalue weighted by molar-refractivity contribution is 0.0160. The number of nitrogens with zero attached hydrogens (tertiary/aromatic N) is 2. The lowest BCUT2D eigenvalue weighted by atomic mass is 9.74. The molecule has 2 atom stereocenters. The van der Waals surface area contributed by atoms with E-state index >= 15 is 0 Å². The van der Waals surface area contributed by atoms with Crippen molar-refractivity contribution >= 4 is 0 Å². The molecule has 0 aromatic rings. The van der Waals surface area contributed by atoms with Gasteiger partial charge in [-0.3, -0.25) is 0 Å². The molecule has 2 aliphatic rings. The van der Waals surface area contributed by atoms with Gasteiger partial charge < -0.3 is 10.6 Å². The molecule has 1 saturated heterocycles. The average Bonchev–Trinajstić information content (AvgIpc) is 2.35.